The van der Waals surface area contributed by atoms with Gasteiger partial charge in [0.15, 0.2) is 6.04 Å². The van der Waals surface area contributed by atoms with Crippen LogP contribution in [0, 0.1) is 0 Å². The molecule has 0 amide bonds. The third-order valence-corrected chi connectivity index (χ3v) is 3.83. The van der Waals surface area contributed by atoms with E-state index < -0.39 is 12.0 Å². The summed E-state index contributed by atoms with van der Waals surface area (Å²) in [7, 11) is 0. The van der Waals surface area contributed by atoms with Crippen LogP contribution in [0.4, 0.5) is 0 Å². The number of aliphatic imine (C=N–C) groups is 1. The van der Waals surface area contributed by atoms with Gasteiger partial charge < -0.3 is 10.2 Å². The number of phenols is 1. The van der Waals surface area contributed by atoms with E-state index in [9.17, 15) is 15.0 Å². The molecule has 3 aromatic carbocycles. The zero-order chi connectivity index (χ0) is 16.9. The Hall–Kier alpha value is -3.14. The average Bonchev–Trinajstić information content (AvgIpc) is 2.60. The monoisotopic (exact) mass is 319 g/mol. The Morgan fingerprint density at radius 2 is 1.71 bits per heavy atom. The van der Waals surface area contributed by atoms with Crippen LogP contribution in [-0.2, 0) is 11.2 Å². The molecule has 0 aliphatic carbocycles. The highest BCUT2D eigenvalue weighted by atomic mass is 16.4. The number of aromatic hydroxyl groups is 1. The normalized spacial score (nSPS) is 12.5. The molecule has 1 unspecified atom stereocenters. The maximum absolute atomic E-state index is 11.4. The van der Waals surface area contributed by atoms with Crippen molar-refractivity contribution in [3.8, 4) is 5.75 Å². The molecule has 4 nitrogen and oxygen atoms in total. The summed E-state index contributed by atoms with van der Waals surface area (Å²) in [6, 6.07) is 19.5. The molecule has 3 rings (SSSR count). The molecule has 0 bridgehead atoms. The molecule has 24 heavy (non-hydrogen) atoms. The first-order chi connectivity index (χ1) is 11.6. The van der Waals surface area contributed by atoms with Gasteiger partial charge in [-0.05, 0) is 40.1 Å². The first-order valence-electron chi connectivity index (χ1n) is 7.64. The van der Waals surface area contributed by atoms with Gasteiger partial charge in [0.1, 0.15) is 5.75 Å². The Kier molecular flexibility index (Phi) is 4.57. The van der Waals surface area contributed by atoms with Crippen molar-refractivity contribution in [1.82, 2.24) is 0 Å². The molecule has 0 aliphatic rings. The van der Waals surface area contributed by atoms with Gasteiger partial charge in [0.2, 0.25) is 0 Å². The number of nitrogens with zero attached hydrogens (tertiary/aromatic N) is 1. The molecular weight excluding hydrogens is 302 g/mol. The van der Waals surface area contributed by atoms with Crippen molar-refractivity contribution >= 4 is 23.0 Å². The summed E-state index contributed by atoms with van der Waals surface area (Å²) >= 11 is 0. The molecule has 120 valence electrons. The first-order valence-corrected chi connectivity index (χ1v) is 7.64. The number of fused-ring (bicyclic) bond motifs is 1. The smallest absolute Gasteiger partial charge is 0.328 e. The lowest BCUT2D eigenvalue weighted by Crippen LogP contribution is -2.20. The van der Waals surface area contributed by atoms with Gasteiger partial charge in [-0.1, -0.05) is 48.5 Å². The Morgan fingerprint density at radius 3 is 2.42 bits per heavy atom. The van der Waals surface area contributed by atoms with Gasteiger partial charge in [0.05, 0.1) is 0 Å². The Balaban J connectivity index is 1.79. The van der Waals surface area contributed by atoms with Gasteiger partial charge in [-0.3, -0.25) is 4.99 Å². The first kappa shape index (κ1) is 15.7. The molecule has 4 heteroatoms. The van der Waals surface area contributed by atoms with E-state index in [1.54, 1.807) is 30.5 Å². The van der Waals surface area contributed by atoms with E-state index in [0.717, 1.165) is 21.9 Å². The molecule has 0 fully saturated rings. The van der Waals surface area contributed by atoms with Crippen LogP contribution < -0.4 is 0 Å². The number of carboxylic acids is 1. The molecule has 0 saturated heterocycles. The standard InChI is InChI=1S/C20H17NO3/c22-18-9-6-14(7-10-18)12-19(20(23)24)21-13-15-5-8-16-3-1-2-4-17(16)11-15/h1-11,13,19,22H,12H2,(H,23,24). The predicted octanol–water partition coefficient (Wildman–Crippen LogP) is 3.66. The Morgan fingerprint density at radius 1 is 1.00 bits per heavy atom. The Bertz CT molecular complexity index is 885. The van der Waals surface area contributed by atoms with Crippen molar-refractivity contribution in [3.05, 3.63) is 77.9 Å². The largest absolute Gasteiger partial charge is 0.508 e. The van der Waals surface area contributed by atoms with Gasteiger partial charge in [-0.15, -0.1) is 0 Å². The fourth-order valence-corrected chi connectivity index (χ4v) is 2.52. The minimum Gasteiger partial charge on any atom is -0.508 e. The number of hydrogen-bond donors (Lipinski definition) is 2. The van der Waals surface area contributed by atoms with E-state index >= 15 is 0 Å². The topological polar surface area (TPSA) is 69.9 Å². The summed E-state index contributed by atoms with van der Waals surface area (Å²) in [5.41, 5.74) is 1.68. The van der Waals surface area contributed by atoms with Gasteiger partial charge in [-0.25, -0.2) is 4.79 Å². The number of hydrogen-bond acceptors (Lipinski definition) is 3. The van der Waals surface area contributed by atoms with E-state index in [2.05, 4.69) is 4.99 Å². The lowest BCUT2D eigenvalue weighted by Gasteiger charge is -2.08. The Labute approximate surface area is 139 Å². The lowest BCUT2D eigenvalue weighted by molar-refractivity contribution is -0.138. The lowest BCUT2D eigenvalue weighted by atomic mass is 10.1. The van der Waals surface area contributed by atoms with E-state index in [0.29, 0.717) is 0 Å². The van der Waals surface area contributed by atoms with Gasteiger partial charge in [-0.2, -0.15) is 0 Å². The molecule has 0 aromatic heterocycles. The highest BCUT2D eigenvalue weighted by Crippen LogP contribution is 2.16. The van der Waals surface area contributed by atoms with E-state index in [4.69, 9.17) is 0 Å². The zero-order valence-corrected chi connectivity index (χ0v) is 13.0. The second-order valence-corrected chi connectivity index (χ2v) is 5.61. The quantitative estimate of drug-likeness (QED) is 0.705. The molecule has 0 aliphatic heterocycles. The zero-order valence-electron chi connectivity index (χ0n) is 13.0. The van der Waals surface area contributed by atoms with Crippen molar-refractivity contribution in [1.29, 1.82) is 0 Å². The molecule has 0 saturated carbocycles. The highest BCUT2D eigenvalue weighted by Gasteiger charge is 2.16. The third-order valence-electron chi connectivity index (χ3n) is 3.83. The van der Waals surface area contributed by atoms with Crippen LogP contribution in [0.25, 0.3) is 10.8 Å². The summed E-state index contributed by atoms with van der Waals surface area (Å²) in [4.78, 5) is 15.7. The van der Waals surface area contributed by atoms with Crippen molar-refractivity contribution in [2.45, 2.75) is 12.5 Å². The van der Waals surface area contributed by atoms with Gasteiger partial charge in [0, 0.05) is 12.6 Å². The summed E-state index contributed by atoms with van der Waals surface area (Å²) in [5.74, 6) is -0.814. The summed E-state index contributed by atoms with van der Waals surface area (Å²) in [6.07, 6.45) is 1.88. The van der Waals surface area contributed by atoms with Crippen molar-refractivity contribution in [3.63, 3.8) is 0 Å². The predicted molar refractivity (Wildman–Crippen MR) is 94.8 cm³/mol. The molecule has 0 spiro atoms. The molecular formula is C20H17NO3. The fourth-order valence-electron chi connectivity index (χ4n) is 2.52. The number of carboxylic acid groups (broad SMARTS) is 1. The minimum absolute atomic E-state index is 0.158. The molecule has 0 radical (unpaired) electrons. The minimum atomic E-state index is -0.972. The average molecular weight is 319 g/mol. The van der Waals surface area contributed by atoms with E-state index in [1.165, 1.54) is 0 Å². The molecule has 1 atom stereocenters. The number of aliphatic carboxylic acids is 1. The fraction of sp³-hybridized carbons (Fsp3) is 0.100. The van der Waals surface area contributed by atoms with Crippen LogP contribution in [0.15, 0.2) is 71.7 Å². The SMILES string of the molecule is O=C(O)C(Cc1ccc(O)cc1)N=Cc1ccc2ccccc2c1. The summed E-state index contributed by atoms with van der Waals surface area (Å²) < 4.78 is 0. The second-order valence-electron chi connectivity index (χ2n) is 5.61. The maximum atomic E-state index is 11.4. The number of phenolic OH excluding ortho intramolecular Hbond substituents is 1. The van der Waals surface area contributed by atoms with Crippen LogP contribution in [-0.4, -0.2) is 28.4 Å². The van der Waals surface area contributed by atoms with Crippen LogP contribution >= 0.6 is 0 Å². The molecule has 0 heterocycles. The number of benzene rings is 3. The second kappa shape index (κ2) is 6.96. The maximum Gasteiger partial charge on any atom is 0.328 e. The van der Waals surface area contributed by atoms with Crippen LogP contribution in [0.3, 0.4) is 0 Å². The highest BCUT2D eigenvalue weighted by molar-refractivity contribution is 5.91. The van der Waals surface area contributed by atoms with Gasteiger partial charge in [0.25, 0.3) is 0 Å². The summed E-state index contributed by atoms with van der Waals surface area (Å²) in [5, 5.41) is 20.9. The summed E-state index contributed by atoms with van der Waals surface area (Å²) in [6.45, 7) is 0. The van der Waals surface area contributed by atoms with E-state index in [-0.39, 0.29) is 12.2 Å². The number of rotatable bonds is 5. The third kappa shape index (κ3) is 3.79. The van der Waals surface area contributed by atoms with Crippen LogP contribution in [0.1, 0.15) is 11.1 Å². The molecule has 3 aromatic rings. The van der Waals surface area contributed by atoms with E-state index in [1.807, 2.05) is 42.5 Å². The van der Waals surface area contributed by atoms with Gasteiger partial charge >= 0.3 is 5.97 Å². The number of carbonyl (C=O) groups is 1. The van der Waals surface area contributed by atoms with Crippen molar-refractivity contribution < 1.29 is 15.0 Å². The van der Waals surface area contributed by atoms with Crippen molar-refractivity contribution in [2.75, 3.05) is 0 Å². The molecule has 2 N–H and O–H groups in total. The van der Waals surface area contributed by atoms with Crippen LogP contribution in [0.5, 0.6) is 5.75 Å². The van der Waals surface area contributed by atoms with Crippen LogP contribution in [0.2, 0.25) is 0 Å². The van der Waals surface area contributed by atoms with Crippen molar-refractivity contribution in [2.24, 2.45) is 4.99 Å².